The number of rotatable bonds is 8. The van der Waals surface area contributed by atoms with Crippen LogP contribution in [-0.4, -0.2) is 49.8 Å². The van der Waals surface area contributed by atoms with Crippen LogP contribution in [0.3, 0.4) is 0 Å². The number of phenols is 1. The van der Waals surface area contributed by atoms with Gasteiger partial charge in [0, 0.05) is 43.1 Å². The molecule has 1 fully saturated rings. The van der Waals surface area contributed by atoms with Crippen LogP contribution >= 0.6 is 0 Å². The van der Waals surface area contributed by atoms with Crippen molar-refractivity contribution in [2.75, 3.05) is 29.4 Å². The standard InChI is InChI=1S/C26H30N4O5S/c1-36(33,34)29-21-7-11-25(12-8-21)35-24-9-5-19(6-10-24)18-30-15-13-20(14-16-30)27-26(32)28-22-3-2-4-23(31)17-22/h2-12,17,20,29,31H,13-16,18H2,1H3,(H2,27,28,32). The molecule has 4 N–H and O–H groups in total. The minimum absolute atomic E-state index is 0.105. The molecule has 3 aromatic rings. The summed E-state index contributed by atoms with van der Waals surface area (Å²) in [5.74, 6) is 1.42. The first-order valence-electron chi connectivity index (χ1n) is 11.7. The van der Waals surface area contributed by atoms with Gasteiger partial charge in [-0.2, -0.15) is 0 Å². The summed E-state index contributed by atoms with van der Waals surface area (Å²) in [6, 6.07) is 20.9. The number of amides is 2. The highest BCUT2D eigenvalue weighted by molar-refractivity contribution is 7.92. The zero-order chi connectivity index (χ0) is 25.5. The minimum Gasteiger partial charge on any atom is -0.508 e. The molecule has 1 aliphatic heterocycles. The number of benzene rings is 3. The third kappa shape index (κ3) is 7.89. The molecule has 0 spiro atoms. The summed E-state index contributed by atoms with van der Waals surface area (Å²) in [4.78, 5) is 14.6. The number of phenolic OH excluding ortho intramolecular Hbond substituents is 1. The highest BCUT2D eigenvalue weighted by Crippen LogP contribution is 2.24. The molecule has 0 unspecified atom stereocenters. The van der Waals surface area contributed by atoms with Gasteiger partial charge in [-0.05, 0) is 66.9 Å². The minimum atomic E-state index is -3.31. The van der Waals surface area contributed by atoms with E-state index in [9.17, 15) is 18.3 Å². The Morgan fingerprint density at radius 3 is 2.22 bits per heavy atom. The molecule has 3 aromatic carbocycles. The number of nitrogens with one attached hydrogen (secondary N) is 3. The first-order chi connectivity index (χ1) is 17.2. The van der Waals surface area contributed by atoms with E-state index in [-0.39, 0.29) is 17.8 Å². The highest BCUT2D eigenvalue weighted by atomic mass is 32.2. The lowest BCUT2D eigenvalue weighted by molar-refractivity contribution is 0.190. The van der Waals surface area contributed by atoms with E-state index in [0.717, 1.165) is 38.7 Å². The average molecular weight is 511 g/mol. The molecular formula is C26H30N4O5S. The Morgan fingerprint density at radius 2 is 1.61 bits per heavy atom. The van der Waals surface area contributed by atoms with E-state index in [1.165, 1.54) is 11.6 Å². The molecule has 9 nitrogen and oxygen atoms in total. The van der Waals surface area contributed by atoms with Gasteiger partial charge in [-0.1, -0.05) is 18.2 Å². The molecular weight excluding hydrogens is 480 g/mol. The summed E-state index contributed by atoms with van der Waals surface area (Å²) in [5.41, 5.74) is 2.21. The number of hydrogen-bond donors (Lipinski definition) is 4. The molecule has 10 heteroatoms. The summed E-state index contributed by atoms with van der Waals surface area (Å²) in [5, 5.41) is 15.3. The zero-order valence-corrected chi connectivity index (χ0v) is 20.8. The van der Waals surface area contributed by atoms with Crippen LogP contribution in [0.1, 0.15) is 18.4 Å². The van der Waals surface area contributed by atoms with Crippen LogP contribution in [-0.2, 0) is 16.6 Å². The van der Waals surface area contributed by atoms with Crippen molar-refractivity contribution < 1.29 is 23.1 Å². The van der Waals surface area contributed by atoms with E-state index in [2.05, 4.69) is 20.3 Å². The fourth-order valence-electron chi connectivity index (χ4n) is 4.03. The van der Waals surface area contributed by atoms with E-state index in [1.54, 1.807) is 42.5 Å². The number of piperidine rings is 1. The number of aromatic hydroxyl groups is 1. The maximum Gasteiger partial charge on any atom is 0.319 e. The fraction of sp³-hybridized carbons (Fsp3) is 0.269. The van der Waals surface area contributed by atoms with Gasteiger partial charge in [0.25, 0.3) is 0 Å². The van der Waals surface area contributed by atoms with Crippen molar-refractivity contribution in [3.8, 4) is 17.2 Å². The van der Waals surface area contributed by atoms with Crippen LogP contribution < -0.4 is 20.1 Å². The highest BCUT2D eigenvalue weighted by Gasteiger charge is 2.21. The summed E-state index contributed by atoms with van der Waals surface area (Å²) < 4.78 is 30.9. The van der Waals surface area contributed by atoms with E-state index >= 15 is 0 Å². The SMILES string of the molecule is CS(=O)(=O)Nc1ccc(Oc2ccc(CN3CCC(NC(=O)Nc4cccc(O)c4)CC3)cc2)cc1. The summed E-state index contributed by atoms with van der Waals surface area (Å²) in [6.45, 7) is 2.57. The summed E-state index contributed by atoms with van der Waals surface area (Å²) >= 11 is 0. The Hall–Kier alpha value is -3.76. The molecule has 2 amide bonds. The lowest BCUT2D eigenvalue weighted by Crippen LogP contribution is -2.45. The van der Waals surface area contributed by atoms with Crippen LogP contribution in [0.25, 0.3) is 0 Å². The normalized spacial score (nSPS) is 14.7. The summed E-state index contributed by atoms with van der Waals surface area (Å²) in [6.07, 6.45) is 2.83. The predicted molar refractivity (Wildman–Crippen MR) is 140 cm³/mol. The van der Waals surface area contributed by atoms with Crippen LogP contribution in [0.2, 0.25) is 0 Å². The molecule has 1 saturated heterocycles. The van der Waals surface area contributed by atoms with E-state index in [1.807, 2.05) is 24.3 Å². The first-order valence-corrected chi connectivity index (χ1v) is 13.5. The fourth-order valence-corrected chi connectivity index (χ4v) is 4.60. The van der Waals surface area contributed by atoms with Crippen molar-refractivity contribution >= 4 is 27.4 Å². The second kappa shape index (κ2) is 11.3. The second-order valence-corrected chi connectivity index (χ2v) is 10.6. The third-order valence-electron chi connectivity index (χ3n) is 5.75. The molecule has 1 aliphatic rings. The van der Waals surface area contributed by atoms with Gasteiger partial charge in [0.2, 0.25) is 10.0 Å². The van der Waals surface area contributed by atoms with Crippen LogP contribution in [0.5, 0.6) is 17.2 Å². The van der Waals surface area contributed by atoms with Crippen molar-refractivity contribution in [2.45, 2.75) is 25.4 Å². The van der Waals surface area contributed by atoms with Crippen LogP contribution in [0.4, 0.5) is 16.2 Å². The monoisotopic (exact) mass is 510 g/mol. The molecule has 0 aromatic heterocycles. The first kappa shape index (κ1) is 25.3. The molecule has 0 saturated carbocycles. The number of likely N-dealkylation sites (tertiary alicyclic amines) is 1. The Morgan fingerprint density at radius 1 is 0.972 bits per heavy atom. The number of hydrogen-bond acceptors (Lipinski definition) is 6. The van der Waals surface area contributed by atoms with Gasteiger partial charge in [-0.15, -0.1) is 0 Å². The smallest absolute Gasteiger partial charge is 0.319 e. The number of carbonyl (C=O) groups is 1. The third-order valence-corrected chi connectivity index (χ3v) is 6.36. The van der Waals surface area contributed by atoms with E-state index < -0.39 is 10.0 Å². The predicted octanol–water partition coefficient (Wildman–Crippen LogP) is 4.34. The quantitative estimate of drug-likeness (QED) is 0.358. The van der Waals surface area contributed by atoms with Crippen molar-refractivity contribution in [1.29, 1.82) is 0 Å². The van der Waals surface area contributed by atoms with Gasteiger partial charge in [0.15, 0.2) is 0 Å². The van der Waals surface area contributed by atoms with E-state index in [0.29, 0.717) is 22.9 Å². The van der Waals surface area contributed by atoms with Gasteiger partial charge >= 0.3 is 6.03 Å². The molecule has 1 heterocycles. The summed E-state index contributed by atoms with van der Waals surface area (Å²) in [7, 11) is -3.31. The number of ether oxygens (including phenoxy) is 1. The number of nitrogens with zero attached hydrogens (tertiary/aromatic N) is 1. The molecule has 4 rings (SSSR count). The van der Waals surface area contributed by atoms with Gasteiger partial charge in [-0.25, -0.2) is 13.2 Å². The molecule has 0 atom stereocenters. The molecule has 0 bridgehead atoms. The van der Waals surface area contributed by atoms with Gasteiger partial charge in [0.05, 0.1) is 6.26 Å². The van der Waals surface area contributed by atoms with Gasteiger partial charge in [-0.3, -0.25) is 9.62 Å². The number of sulfonamides is 1. The van der Waals surface area contributed by atoms with Crippen molar-refractivity contribution in [3.63, 3.8) is 0 Å². The van der Waals surface area contributed by atoms with Crippen molar-refractivity contribution in [3.05, 3.63) is 78.4 Å². The van der Waals surface area contributed by atoms with Crippen molar-refractivity contribution in [1.82, 2.24) is 10.2 Å². The van der Waals surface area contributed by atoms with Gasteiger partial charge in [0.1, 0.15) is 17.2 Å². The van der Waals surface area contributed by atoms with Crippen molar-refractivity contribution in [2.24, 2.45) is 0 Å². The molecule has 0 radical (unpaired) electrons. The molecule has 0 aliphatic carbocycles. The van der Waals surface area contributed by atoms with E-state index in [4.69, 9.17) is 4.74 Å². The Kier molecular flexibility index (Phi) is 7.97. The van der Waals surface area contributed by atoms with Crippen LogP contribution in [0.15, 0.2) is 72.8 Å². The largest absolute Gasteiger partial charge is 0.508 e. The lowest BCUT2D eigenvalue weighted by atomic mass is 10.0. The molecule has 36 heavy (non-hydrogen) atoms. The second-order valence-electron chi connectivity index (χ2n) is 8.84. The maximum atomic E-state index is 12.2. The average Bonchev–Trinajstić information content (AvgIpc) is 2.82. The van der Waals surface area contributed by atoms with Crippen LogP contribution in [0, 0.1) is 0 Å². The lowest BCUT2D eigenvalue weighted by Gasteiger charge is -2.32. The maximum absolute atomic E-state index is 12.2. The number of anilines is 2. The topological polar surface area (TPSA) is 120 Å². The molecule has 190 valence electrons. The number of urea groups is 1. The number of carbonyl (C=O) groups excluding carboxylic acids is 1. The Labute approximate surface area is 211 Å². The Balaban J connectivity index is 1.20. The Bertz CT molecular complexity index is 1270. The van der Waals surface area contributed by atoms with Gasteiger partial charge < -0.3 is 20.5 Å². The zero-order valence-electron chi connectivity index (χ0n) is 20.0.